The van der Waals surface area contributed by atoms with Gasteiger partial charge in [0.25, 0.3) is 5.91 Å². The van der Waals surface area contributed by atoms with Crippen molar-refractivity contribution < 1.29 is 14.1 Å². The lowest BCUT2D eigenvalue weighted by atomic mass is 10.0. The maximum absolute atomic E-state index is 12.3. The van der Waals surface area contributed by atoms with Crippen LogP contribution >= 0.6 is 0 Å². The molecule has 2 fully saturated rings. The fourth-order valence-electron chi connectivity index (χ4n) is 3.03. The number of nitrogens with zero attached hydrogens (tertiary/aromatic N) is 2. The first-order valence-corrected chi connectivity index (χ1v) is 9.34. The molecule has 7 nitrogen and oxygen atoms in total. The van der Waals surface area contributed by atoms with Crippen molar-refractivity contribution in [2.45, 2.75) is 64.0 Å². The molecular weight excluding hydrogens is 320 g/mol. The van der Waals surface area contributed by atoms with Crippen LogP contribution in [0.1, 0.15) is 68.1 Å². The Bertz CT molecular complexity index is 603. The Morgan fingerprint density at radius 1 is 1.24 bits per heavy atom. The van der Waals surface area contributed by atoms with Crippen LogP contribution in [0.2, 0.25) is 0 Å². The van der Waals surface area contributed by atoms with E-state index >= 15 is 0 Å². The fraction of sp³-hybridized carbons (Fsp3) is 0.722. The molecule has 3 rings (SSSR count). The number of carbonyl (C=O) groups is 2. The molecule has 0 spiro atoms. The molecule has 0 aromatic carbocycles. The van der Waals surface area contributed by atoms with E-state index < -0.39 is 0 Å². The van der Waals surface area contributed by atoms with Crippen molar-refractivity contribution in [3.63, 3.8) is 0 Å². The first kappa shape index (κ1) is 17.9. The van der Waals surface area contributed by atoms with Gasteiger partial charge in [0, 0.05) is 37.2 Å². The lowest BCUT2D eigenvalue weighted by molar-refractivity contribution is -0.122. The van der Waals surface area contributed by atoms with Crippen molar-refractivity contribution in [3.8, 4) is 0 Å². The molecule has 1 aliphatic heterocycles. The monoisotopic (exact) mass is 348 g/mol. The average molecular weight is 348 g/mol. The average Bonchev–Trinajstić information content (AvgIpc) is 3.26. The standard InChI is InChI=1S/C18H28N4O3/c1-3-12(2)15-10-16(25-21-15)18(24)20-14-6-8-22(9-7-14)11-17(23)19-13-4-5-13/h10,12-14H,3-9,11H2,1-2H3,(H,19,23)(H,20,24). The quantitative estimate of drug-likeness (QED) is 0.782. The Hall–Kier alpha value is -1.89. The summed E-state index contributed by atoms with van der Waals surface area (Å²) in [7, 11) is 0. The summed E-state index contributed by atoms with van der Waals surface area (Å²) in [6.45, 7) is 6.24. The molecule has 2 amide bonds. The van der Waals surface area contributed by atoms with Gasteiger partial charge < -0.3 is 15.2 Å². The number of rotatable bonds is 7. The molecule has 1 aliphatic carbocycles. The third-order valence-electron chi connectivity index (χ3n) is 5.10. The van der Waals surface area contributed by atoms with Gasteiger partial charge in [-0.25, -0.2) is 0 Å². The van der Waals surface area contributed by atoms with Gasteiger partial charge in [-0.1, -0.05) is 19.0 Å². The summed E-state index contributed by atoms with van der Waals surface area (Å²) in [5, 5.41) is 10.0. The minimum atomic E-state index is -0.202. The molecule has 2 N–H and O–H groups in total. The van der Waals surface area contributed by atoms with E-state index in [2.05, 4.69) is 34.5 Å². The minimum absolute atomic E-state index is 0.115. The predicted molar refractivity (Wildman–Crippen MR) is 93.3 cm³/mol. The third kappa shape index (κ3) is 5.04. The van der Waals surface area contributed by atoms with Crippen molar-refractivity contribution in [2.75, 3.05) is 19.6 Å². The van der Waals surface area contributed by atoms with Gasteiger partial charge in [-0.3, -0.25) is 14.5 Å². The van der Waals surface area contributed by atoms with Gasteiger partial charge in [-0.2, -0.15) is 0 Å². The molecule has 2 heterocycles. The van der Waals surface area contributed by atoms with Crippen molar-refractivity contribution in [1.29, 1.82) is 0 Å². The van der Waals surface area contributed by atoms with Crippen LogP contribution in [-0.2, 0) is 4.79 Å². The lowest BCUT2D eigenvalue weighted by Gasteiger charge is -2.31. The molecule has 1 aromatic rings. The van der Waals surface area contributed by atoms with Gasteiger partial charge in [0.1, 0.15) is 0 Å². The zero-order chi connectivity index (χ0) is 17.8. The van der Waals surface area contributed by atoms with Crippen LogP contribution < -0.4 is 10.6 Å². The summed E-state index contributed by atoms with van der Waals surface area (Å²) in [6, 6.07) is 2.26. The first-order chi connectivity index (χ1) is 12.0. The first-order valence-electron chi connectivity index (χ1n) is 9.34. The summed E-state index contributed by atoms with van der Waals surface area (Å²) in [5.41, 5.74) is 0.823. The van der Waals surface area contributed by atoms with Gasteiger partial charge in [0.2, 0.25) is 11.7 Å². The Morgan fingerprint density at radius 3 is 2.56 bits per heavy atom. The summed E-state index contributed by atoms with van der Waals surface area (Å²) in [5.74, 6) is 0.480. The van der Waals surface area contributed by atoms with Crippen LogP contribution in [-0.4, -0.2) is 53.6 Å². The van der Waals surface area contributed by atoms with E-state index in [0.717, 1.165) is 50.9 Å². The topological polar surface area (TPSA) is 87.5 Å². The second kappa shape index (κ2) is 7.99. The normalized spacial score (nSPS) is 20.2. The molecule has 138 valence electrons. The summed E-state index contributed by atoms with van der Waals surface area (Å²) in [4.78, 5) is 26.3. The molecule has 2 aliphatic rings. The van der Waals surface area contributed by atoms with Gasteiger partial charge in [0.15, 0.2) is 0 Å². The van der Waals surface area contributed by atoms with E-state index in [9.17, 15) is 9.59 Å². The van der Waals surface area contributed by atoms with Crippen LogP contribution in [0, 0.1) is 0 Å². The van der Waals surface area contributed by atoms with Crippen molar-refractivity contribution in [2.24, 2.45) is 0 Å². The number of carbonyl (C=O) groups excluding carboxylic acids is 2. The van der Waals surface area contributed by atoms with Crippen molar-refractivity contribution in [3.05, 3.63) is 17.5 Å². The number of nitrogens with one attached hydrogen (secondary N) is 2. The number of amides is 2. The highest BCUT2D eigenvalue weighted by Gasteiger charge is 2.27. The SMILES string of the molecule is CCC(C)c1cc(C(=O)NC2CCN(CC(=O)NC3CC3)CC2)on1. The molecule has 0 bridgehead atoms. The highest BCUT2D eigenvalue weighted by atomic mass is 16.5. The Labute approximate surface area is 148 Å². The van der Waals surface area contributed by atoms with Crippen LogP contribution in [0.15, 0.2) is 10.6 Å². The van der Waals surface area contributed by atoms with Crippen LogP contribution in [0.25, 0.3) is 0 Å². The summed E-state index contributed by atoms with van der Waals surface area (Å²) in [6.07, 6.45) is 4.87. The number of hydrogen-bond acceptors (Lipinski definition) is 5. The highest BCUT2D eigenvalue weighted by molar-refractivity contribution is 5.91. The van der Waals surface area contributed by atoms with Gasteiger partial charge in [0.05, 0.1) is 12.2 Å². The zero-order valence-corrected chi connectivity index (χ0v) is 15.1. The Balaban J connectivity index is 1.41. The van der Waals surface area contributed by atoms with E-state index in [1.54, 1.807) is 6.07 Å². The number of hydrogen-bond donors (Lipinski definition) is 2. The van der Waals surface area contributed by atoms with Gasteiger partial charge in [-0.15, -0.1) is 0 Å². The van der Waals surface area contributed by atoms with E-state index in [1.807, 2.05) is 0 Å². The third-order valence-corrected chi connectivity index (χ3v) is 5.10. The summed E-state index contributed by atoms with van der Waals surface area (Å²) < 4.78 is 5.18. The molecule has 0 radical (unpaired) electrons. The number of piperidine rings is 1. The Kier molecular flexibility index (Phi) is 5.73. The van der Waals surface area contributed by atoms with Gasteiger partial charge >= 0.3 is 0 Å². The fourth-order valence-corrected chi connectivity index (χ4v) is 3.03. The van der Waals surface area contributed by atoms with Crippen molar-refractivity contribution in [1.82, 2.24) is 20.7 Å². The van der Waals surface area contributed by atoms with Crippen molar-refractivity contribution >= 4 is 11.8 Å². The van der Waals surface area contributed by atoms with Crippen LogP contribution in [0.4, 0.5) is 0 Å². The van der Waals surface area contributed by atoms with E-state index in [4.69, 9.17) is 4.52 Å². The van der Waals surface area contributed by atoms with Gasteiger partial charge in [-0.05, 0) is 32.1 Å². The molecule has 1 unspecified atom stereocenters. The molecule has 1 atom stereocenters. The zero-order valence-electron chi connectivity index (χ0n) is 15.1. The predicted octanol–water partition coefficient (Wildman–Crippen LogP) is 1.66. The molecule has 1 aromatic heterocycles. The lowest BCUT2D eigenvalue weighted by Crippen LogP contribution is -2.47. The minimum Gasteiger partial charge on any atom is -0.352 e. The maximum Gasteiger partial charge on any atom is 0.290 e. The second-order valence-corrected chi connectivity index (χ2v) is 7.29. The maximum atomic E-state index is 12.3. The van der Waals surface area contributed by atoms with E-state index in [0.29, 0.717) is 12.6 Å². The second-order valence-electron chi connectivity index (χ2n) is 7.29. The number of aromatic nitrogens is 1. The molecular formula is C18H28N4O3. The molecule has 1 saturated carbocycles. The van der Waals surface area contributed by atoms with Crippen LogP contribution in [0.5, 0.6) is 0 Å². The largest absolute Gasteiger partial charge is 0.352 e. The smallest absolute Gasteiger partial charge is 0.290 e. The molecule has 7 heteroatoms. The molecule has 1 saturated heterocycles. The Morgan fingerprint density at radius 2 is 1.92 bits per heavy atom. The number of likely N-dealkylation sites (tertiary alicyclic amines) is 1. The summed E-state index contributed by atoms with van der Waals surface area (Å²) >= 11 is 0. The van der Waals surface area contributed by atoms with E-state index in [-0.39, 0.29) is 29.5 Å². The van der Waals surface area contributed by atoms with E-state index in [1.165, 1.54) is 0 Å². The highest BCUT2D eigenvalue weighted by Crippen LogP contribution is 2.19. The van der Waals surface area contributed by atoms with Crippen LogP contribution in [0.3, 0.4) is 0 Å². The molecule has 25 heavy (non-hydrogen) atoms.